The van der Waals surface area contributed by atoms with Crippen LogP contribution in [0.15, 0.2) is 66.7 Å². The molecule has 9 heteroatoms. The number of carboxylic acids is 1. The Morgan fingerprint density at radius 2 is 1.60 bits per heavy atom. The largest absolute Gasteiger partial charge is 0.480 e. The van der Waals surface area contributed by atoms with Crippen LogP contribution in [0.4, 0.5) is 10.5 Å². The van der Waals surface area contributed by atoms with Crippen molar-refractivity contribution in [1.29, 1.82) is 0 Å². The standard InChI is InChI=1S/C26H23IN2O6/c1-14(30)23(25(32)33)29-24(31)15-10-11-22(21(27)12-15)28-26(34)35-13-20-18-8-4-2-6-16(18)17-7-3-5-9-19(17)20/h2-12,14,20,23,30H,13H2,1H3,(H,28,34)(H,29,31)(H,32,33). The molecule has 0 aromatic heterocycles. The van der Waals surface area contributed by atoms with E-state index in [2.05, 4.69) is 22.8 Å². The Balaban J connectivity index is 1.40. The van der Waals surface area contributed by atoms with Crippen molar-refractivity contribution in [2.75, 3.05) is 11.9 Å². The fourth-order valence-electron chi connectivity index (χ4n) is 4.12. The molecule has 2 unspecified atom stereocenters. The maximum Gasteiger partial charge on any atom is 0.411 e. The quantitative estimate of drug-likeness (QED) is 0.308. The summed E-state index contributed by atoms with van der Waals surface area (Å²) in [4.78, 5) is 36.2. The first-order valence-corrected chi connectivity index (χ1v) is 12.0. The first kappa shape index (κ1) is 24.7. The van der Waals surface area contributed by atoms with Gasteiger partial charge in [-0.3, -0.25) is 10.1 Å². The summed E-state index contributed by atoms with van der Waals surface area (Å²) in [6.07, 6.45) is -1.88. The molecule has 0 bridgehead atoms. The Kier molecular flexibility index (Phi) is 7.37. The molecule has 0 radical (unpaired) electrons. The van der Waals surface area contributed by atoms with Crippen LogP contribution in [-0.4, -0.2) is 46.9 Å². The number of ether oxygens (including phenoxy) is 1. The van der Waals surface area contributed by atoms with E-state index in [1.807, 2.05) is 59.0 Å². The van der Waals surface area contributed by atoms with Crippen molar-refractivity contribution >= 4 is 46.2 Å². The summed E-state index contributed by atoms with van der Waals surface area (Å²) < 4.78 is 6.12. The van der Waals surface area contributed by atoms with Crippen LogP contribution < -0.4 is 10.6 Å². The molecular weight excluding hydrogens is 563 g/mol. The normalized spacial score (nSPS) is 13.8. The molecule has 2 atom stereocenters. The number of carbonyl (C=O) groups is 3. The number of fused-ring (bicyclic) bond motifs is 3. The van der Waals surface area contributed by atoms with Crippen molar-refractivity contribution in [1.82, 2.24) is 5.32 Å². The Hall–Kier alpha value is -3.44. The zero-order valence-electron chi connectivity index (χ0n) is 18.7. The number of hydrogen-bond donors (Lipinski definition) is 4. The molecule has 3 aromatic carbocycles. The summed E-state index contributed by atoms with van der Waals surface area (Å²) in [6, 6.07) is 19.2. The van der Waals surface area contributed by atoms with Crippen molar-refractivity contribution in [2.24, 2.45) is 0 Å². The number of nitrogens with one attached hydrogen (secondary N) is 2. The number of carboxylic acid groups (broad SMARTS) is 1. The van der Waals surface area contributed by atoms with Gasteiger partial charge in [-0.05, 0) is 70.0 Å². The second-order valence-electron chi connectivity index (χ2n) is 8.18. The number of aliphatic hydroxyl groups is 1. The van der Waals surface area contributed by atoms with Gasteiger partial charge in [-0.2, -0.15) is 0 Å². The number of benzene rings is 3. The molecule has 180 valence electrons. The van der Waals surface area contributed by atoms with E-state index in [-0.39, 0.29) is 18.1 Å². The van der Waals surface area contributed by atoms with Crippen LogP contribution >= 0.6 is 22.6 Å². The molecule has 0 saturated carbocycles. The Bertz CT molecular complexity index is 1250. The van der Waals surface area contributed by atoms with Gasteiger partial charge in [-0.1, -0.05) is 48.5 Å². The molecule has 1 aliphatic carbocycles. The minimum absolute atomic E-state index is 0.0607. The Labute approximate surface area is 215 Å². The first-order valence-electron chi connectivity index (χ1n) is 10.9. The Morgan fingerprint density at radius 3 is 2.14 bits per heavy atom. The SMILES string of the molecule is CC(O)C(NC(=O)c1ccc(NC(=O)OCC2c3ccccc3-c3ccccc32)c(I)c1)C(=O)O. The van der Waals surface area contributed by atoms with Crippen molar-refractivity contribution in [3.63, 3.8) is 0 Å². The fourth-order valence-corrected chi connectivity index (χ4v) is 4.77. The van der Waals surface area contributed by atoms with Gasteiger partial charge in [-0.25, -0.2) is 9.59 Å². The fraction of sp³-hybridized carbons (Fsp3) is 0.192. The van der Waals surface area contributed by atoms with Crippen LogP contribution in [0.1, 0.15) is 34.3 Å². The van der Waals surface area contributed by atoms with Crippen LogP contribution in [0.2, 0.25) is 0 Å². The number of hydrogen-bond acceptors (Lipinski definition) is 5. The van der Waals surface area contributed by atoms with Gasteiger partial charge in [0.05, 0.1) is 11.8 Å². The van der Waals surface area contributed by atoms with Gasteiger partial charge in [-0.15, -0.1) is 0 Å². The molecule has 4 rings (SSSR count). The summed E-state index contributed by atoms with van der Waals surface area (Å²) >= 11 is 1.96. The molecular formula is C26H23IN2O6. The molecule has 2 amide bonds. The second kappa shape index (κ2) is 10.4. The molecule has 4 N–H and O–H groups in total. The first-order chi connectivity index (χ1) is 16.8. The number of carbonyl (C=O) groups excluding carboxylic acids is 2. The van der Waals surface area contributed by atoms with E-state index in [0.717, 1.165) is 22.3 Å². The van der Waals surface area contributed by atoms with E-state index in [9.17, 15) is 19.5 Å². The smallest absolute Gasteiger partial charge is 0.411 e. The number of anilines is 1. The van der Waals surface area contributed by atoms with Gasteiger partial charge >= 0.3 is 12.1 Å². The number of aliphatic hydroxyl groups excluding tert-OH is 1. The van der Waals surface area contributed by atoms with Crippen molar-refractivity contribution < 1.29 is 29.3 Å². The average Bonchev–Trinajstić information content (AvgIpc) is 3.15. The third-order valence-electron chi connectivity index (χ3n) is 5.85. The van der Waals surface area contributed by atoms with E-state index < -0.39 is 30.1 Å². The lowest BCUT2D eigenvalue weighted by atomic mass is 9.98. The van der Waals surface area contributed by atoms with E-state index in [0.29, 0.717) is 9.26 Å². The highest BCUT2D eigenvalue weighted by Gasteiger charge is 2.29. The Morgan fingerprint density at radius 1 is 1.00 bits per heavy atom. The number of aliphatic carboxylic acids is 1. The topological polar surface area (TPSA) is 125 Å². The summed E-state index contributed by atoms with van der Waals surface area (Å²) in [5, 5.41) is 23.7. The predicted molar refractivity (Wildman–Crippen MR) is 138 cm³/mol. The molecule has 0 saturated heterocycles. The van der Waals surface area contributed by atoms with Crippen molar-refractivity contribution in [2.45, 2.75) is 25.0 Å². The summed E-state index contributed by atoms with van der Waals surface area (Å²) in [7, 11) is 0. The summed E-state index contributed by atoms with van der Waals surface area (Å²) in [6.45, 7) is 1.46. The highest BCUT2D eigenvalue weighted by atomic mass is 127. The highest BCUT2D eigenvalue weighted by Crippen LogP contribution is 2.44. The monoisotopic (exact) mass is 586 g/mol. The highest BCUT2D eigenvalue weighted by molar-refractivity contribution is 14.1. The minimum atomic E-state index is -1.43. The number of halogens is 1. The van der Waals surface area contributed by atoms with E-state index in [4.69, 9.17) is 9.84 Å². The van der Waals surface area contributed by atoms with Gasteiger partial charge in [0.15, 0.2) is 6.04 Å². The van der Waals surface area contributed by atoms with Crippen LogP contribution in [0.25, 0.3) is 11.1 Å². The number of amides is 2. The third kappa shape index (κ3) is 5.30. The number of rotatable bonds is 7. The van der Waals surface area contributed by atoms with Crippen LogP contribution in [0.3, 0.4) is 0 Å². The molecule has 3 aromatic rings. The van der Waals surface area contributed by atoms with Gasteiger partial charge in [0.25, 0.3) is 5.91 Å². The minimum Gasteiger partial charge on any atom is -0.480 e. The van der Waals surface area contributed by atoms with E-state index in [1.165, 1.54) is 25.1 Å². The van der Waals surface area contributed by atoms with Gasteiger partial charge in [0, 0.05) is 15.1 Å². The van der Waals surface area contributed by atoms with Crippen LogP contribution in [-0.2, 0) is 9.53 Å². The molecule has 0 aliphatic heterocycles. The lowest BCUT2D eigenvalue weighted by Gasteiger charge is -2.17. The maximum absolute atomic E-state index is 12.6. The molecule has 8 nitrogen and oxygen atoms in total. The predicted octanol–water partition coefficient (Wildman–Crippen LogP) is 4.22. The van der Waals surface area contributed by atoms with Crippen LogP contribution in [0.5, 0.6) is 0 Å². The van der Waals surface area contributed by atoms with Crippen molar-refractivity contribution in [3.8, 4) is 11.1 Å². The molecule has 0 spiro atoms. The van der Waals surface area contributed by atoms with Gasteiger partial charge in [0.2, 0.25) is 0 Å². The van der Waals surface area contributed by atoms with Crippen LogP contribution in [0, 0.1) is 3.57 Å². The molecule has 35 heavy (non-hydrogen) atoms. The lowest BCUT2D eigenvalue weighted by Crippen LogP contribution is -2.47. The van der Waals surface area contributed by atoms with E-state index in [1.54, 1.807) is 0 Å². The molecule has 0 heterocycles. The van der Waals surface area contributed by atoms with E-state index >= 15 is 0 Å². The molecule has 0 fully saturated rings. The zero-order chi connectivity index (χ0) is 25.1. The second-order valence-corrected chi connectivity index (χ2v) is 9.34. The van der Waals surface area contributed by atoms with Gasteiger partial charge < -0.3 is 20.3 Å². The third-order valence-corrected chi connectivity index (χ3v) is 6.74. The lowest BCUT2D eigenvalue weighted by molar-refractivity contribution is -0.141. The molecule has 1 aliphatic rings. The van der Waals surface area contributed by atoms with Crippen molar-refractivity contribution in [3.05, 3.63) is 87.0 Å². The summed E-state index contributed by atoms with van der Waals surface area (Å²) in [5.41, 5.74) is 5.15. The average molecular weight is 586 g/mol. The van der Waals surface area contributed by atoms with Gasteiger partial charge in [0.1, 0.15) is 6.61 Å². The summed E-state index contributed by atoms with van der Waals surface area (Å²) in [5.74, 6) is -2.05. The maximum atomic E-state index is 12.6. The zero-order valence-corrected chi connectivity index (χ0v) is 20.9.